The minimum atomic E-state index is -0.579. The Balaban J connectivity index is 2.34. The van der Waals surface area contributed by atoms with Crippen LogP contribution in [0.15, 0.2) is 18.2 Å². The monoisotopic (exact) mass is 249 g/mol. The fourth-order valence-corrected chi connectivity index (χ4v) is 1.94. The van der Waals surface area contributed by atoms with Gasteiger partial charge in [-0.1, -0.05) is 6.07 Å². The van der Waals surface area contributed by atoms with E-state index in [9.17, 15) is 9.90 Å². The van der Waals surface area contributed by atoms with Gasteiger partial charge in [0.05, 0.1) is 12.1 Å². The van der Waals surface area contributed by atoms with Crippen molar-refractivity contribution in [3.8, 4) is 0 Å². The largest absolute Gasteiger partial charge is 0.394 e. The normalized spacial score (nSPS) is 18.5. The second kappa shape index (κ2) is 4.26. The van der Waals surface area contributed by atoms with E-state index in [1.165, 1.54) is 0 Å². The minimum absolute atomic E-state index is 0.0481. The highest BCUT2D eigenvalue weighted by atomic mass is 16.3. The Bertz CT molecular complexity index is 485. The molecule has 2 rings (SSSR count). The molecular weight excluding hydrogens is 230 g/mol. The van der Waals surface area contributed by atoms with Gasteiger partial charge in [0.2, 0.25) is 5.91 Å². The van der Waals surface area contributed by atoms with Gasteiger partial charge in [0, 0.05) is 24.0 Å². The number of benzene rings is 1. The average Bonchev–Trinajstić information content (AvgIpc) is 2.63. The lowest BCUT2D eigenvalue weighted by Crippen LogP contribution is -2.44. The Morgan fingerprint density at radius 2 is 2.17 bits per heavy atom. The second-order valence-electron chi connectivity index (χ2n) is 5.27. The third kappa shape index (κ3) is 1.95. The summed E-state index contributed by atoms with van der Waals surface area (Å²) in [6.07, 6.45) is 0. The number of nitrogens with zero attached hydrogens (tertiary/aromatic N) is 1. The van der Waals surface area contributed by atoms with Crippen molar-refractivity contribution >= 4 is 17.3 Å². The number of fused-ring (bicyclic) bond motifs is 1. The first-order valence-corrected chi connectivity index (χ1v) is 5.92. The number of rotatable bonds is 3. The van der Waals surface area contributed by atoms with E-state index in [2.05, 4.69) is 5.32 Å². The molecule has 1 aromatic rings. The highest BCUT2D eigenvalue weighted by Crippen LogP contribution is 2.34. The van der Waals surface area contributed by atoms with Gasteiger partial charge < -0.3 is 21.1 Å². The summed E-state index contributed by atoms with van der Waals surface area (Å²) < 4.78 is 0. The summed E-state index contributed by atoms with van der Waals surface area (Å²) in [5.41, 5.74) is 7.91. The molecule has 1 heterocycles. The van der Waals surface area contributed by atoms with Crippen LogP contribution in [0.3, 0.4) is 0 Å². The van der Waals surface area contributed by atoms with E-state index in [0.29, 0.717) is 0 Å². The van der Waals surface area contributed by atoms with Gasteiger partial charge in [-0.25, -0.2) is 0 Å². The molecule has 5 nitrogen and oxygen atoms in total. The lowest BCUT2D eigenvalue weighted by atomic mass is 10.0. The molecule has 0 spiro atoms. The third-order valence-corrected chi connectivity index (χ3v) is 3.59. The SMILES string of the molecule is CN(c1ccc2c(c1)NC(=O)C2N)C(C)(C)CO. The van der Waals surface area contributed by atoms with Gasteiger partial charge in [-0.3, -0.25) is 4.79 Å². The zero-order chi connectivity index (χ0) is 13.5. The molecule has 1 aromatic carbocycles. The molecule has 0 fully saturated rings. The van der Waals surface area contributed by atoms with Gasteiger partial charge in [0.1, 0.15) is 6.04 Å². The topological polar surface area (TPSA) is 78.6 Å². The van der Waals surface area contributed by atoms with Crippen LogP contribution in [0, 0.1) is 0 Å². The maximum absolute atomic E-state index is 11.5. The van der Waals surface area contributed by atoms with Gasteiger partial charge >= 0.3 is 0 Å². The molecule has 0 radical (unpaired) electrons. The van der Waals surface area contributed by atoms with Crippen LogP contribution in [0.4, 0.5) is 11.4 Å². The number of aliphatic hydroxyl groups excluding tert-OH is 1. The molecule has 1 amide bonds. The van der Waals surface area contributed by atoms with Gasteiger partial charge in [0.15, 0.2) is 0 Å². The number of hydrogen-bond acceptors (Lipinski definition) is 4. The summed E-state index contributed by atoms with van der Waals surface area (Å²) in [4.78, 5) is 13.5. The van der Waals surface area contributed by atoms with Crippen LogP contribution in [-0.4, -0.2) is 30.2 Å². The maximum Gasteiger partial charge on any atom is 0.245 e. The quantitative estimate of drug-likeness (QED) is 0.742. The first-order valence-electron chi connectivity index (χ1n) is 5.92. The Labute approximate surface area is 107 Å². The van der Waals surface area contributed by atoms with E-state index in [1.807, 2.05) is 44.0 Å². The number of hydrogen-bond donors (Lipinski definition) is 3. The number of aliphatic hydroxyl groups is 1. The van der Waals surface area contributed by atoms with Crippen LogP contribution < -0.4 is 16.0 Å². The number of carbonyl (C=O) groups is 1. The van der Waals surface area contributed by atoms with Crippen molar-refractivity contribution in [2.75, 3.05) is 23.9 Å². The number of nitrogens with two attached hydrogens (primary N) is 1. The third-order valence-electron chi connectivity index (χ3n) is 3.59. The lowest BCUT2D eigenvalue weighted by molar-refractivity contribution is -0.116. The first-order chi connectivity index (χ1) is 8.36. The highest BCUT2D eigenvalue weighted by molar-refractivity contribution is 6.02. The predicted octanol–water partition coefficient (Wildman–Crippen LogP) is 0.846. The summed E-state index contributed by atoms with van der Waals surface area (Å²) in [5, 5.41) is 12.1. The van der Waals surface area contributed by atoms with Crippen LogP contribution in [-0.2, 0) is 4.79 Å². The molecule has 0 saturated heterocycles. The van der Waals surface area contributed by atoms with Crippen LogP contribution in [0.25, 0.3) is 0 Å². The standard InChI is InChI=1S/C13H19N3O2/c1-13(2,7-17)16(3)8-4-5-9-10(6-8)15-12(18)11(9)14/h4-6,11,17H,7,14H2,1-3H3,(H,15,18). The molecule has 5 heteroatoms. The molecule has 4 N–H and O–H groups in total. The summed E-state index contributed by atoms with van der Waals surface area (Å²) in [6, 6.07) is 5.08. The first kappa shape index (κ1) is 12.9. The number of carbonyl (C=O) groups excluding carboxylic acids is 1. The number of likely N-dealkylation sites (N-methyl/N-ethyl adjacent to an activating group) is 1. The van der Waals surface area contributed by atoms with Crippen molar-refractivity contribution in [3.63, 3.8) is 0 Å². The Morgan fingerprint density at radius 3 is 2.78 bits per heavy atom. The van der Waals surface area contributed by atoms with Gasteiger partial charge in [-0.2, -0.15) is 0 Å². The van der Waals surface area contributed by atoms with E-state index in [1.54, 1.807) is 0 Å². The zero-order valence-electron chi connectivity index (χ0n) is 10.9. The summed E-state index contributed by atoms with van der Waals surface area (Å²) in [7, 11) is 1.91. The van der Waals surface area contributed by atoms with Crippen LogP contribution in [0.1, 0.15) is 25.5 Å². The van der Waals surface area contributed by atoms with Crippen molar-refractivity contribution < 1.29 is 9.90 Å². The van der Waals surface area contributed by atoms with E-state index >= 15 is 0 Å². The smallest absolute Gasteiger partial charge is 0.245 e. The maximum atomic E-state index is 11.5. The summed E-state index contributed by atoms with van der Waals surface area (Å²) in [5.74, 6) is -0.175. The molecule has 0 aliphatic carbocycles. The van der Waals surface area contributed by atoms with Crippen molar-refractivity contribution in [1.29, 1.82) is 0 Å². The van der Waals surface area contributed by atoms with Crippen molar-refractivity contribution in [3.05, 3.63) is 23.8 Å². The molecule has 1 aliphatic heterocycles. The lowest BCUT2D eigenvalue weighted by Gasteiger charge is -2.36. The average molecular weight is 249 g/mol. The number of nitrogens with one attached hydrogen (secondary N) is 1. The van der Waals surface area contributed by atoms with Crippen LogP contribution in [0.5, 0.6) is 0 Å². The highest BCUT2D eigenvalue weighted by Gasteiger charge is 2.29. The Kier molecular flexibility index (Phi) is 3.04. The molecule has 1 unspecified atom stereocenters. The summed E-state index contributed by atoms with van der Waals surface area (Å²) >= 11 is 0. The minimum Gasteiger partial charge on any atom is -0.394 e. The Hall–Kier alpha value is -1.59. The number of anilines is 2. The van der Waals surface area contributed by atoms with Gasteiger partial charge in [-0.15, -0.1) is 0 Å². The zero-order valence-corrected chi connectivity index (χ0v) is 10.9. The summed E-state index contributed by atoms with van der Waals surface area (Å²) in [6.45, 7) is 3.95. The van der Waals surface area contributed by atoms with Crippen molar-refractivity contribution in [1.82, 2.24) is 0 Å². The molecule has 0 aromatic heterocycles. The van der Waals surface area contributed by atoms with Gasteiger partial charge in [0.25, 0.3) is 0 Å². The van der Waals surface area contributed by atoms with E-state index in [0.717, 1.165) is 16.9 Å². The van der Waals surface area contributed by atoms with Crippen molar-refractivity contribution in [2.45, 2.75) is 25.4 Å². The molecule has 1 atom stereocenters. The van der Waals surface area contributed by atoms with Crippen LogP contribution in [0.2, 0.25) is 0 Å². The van der Waals surface area contributed by atoms with E-state index < -0.39 is 6.04 Å². The molecule has 0 saturated carbocycles. The van der Waals surface area contributed by atoms with Crippen molar-refractivity contribution in [2.24, 2.45) is 5.73 Å². The molecule has 0 bridgehead atoms. The molecule has 98 valence electrons. The molecule has 18 heavy (non-hydrogen) atoms. The molecular formula is C13H19N3O2. The fourth-order valence-electron chi connectivity index (χ4n) is 1.94. The molecule has 1 aliphatic rings. The van der Waals surface area contributed by atoms with Gasteiger partial charge in [-0.05, 0) is 26.0 Å². The fraction of sp³-hybridized carbons (Fsp3) is 0.462. The second-order valence-corrected chi connectivity index (χ2v) is 5.27. The van der Waals surface area contributed by atoms with Crippen LogP contribution >= 0.6 is 0 Å². The number of amides is 1. The van der Waals surface area contributed by atoms with E-state index in [-0.39, 0.29) is 18.1 Å². The Morgan fingerprint density at radius 1 is 1.50 bits per heavy atom. The predicted molar refractivity (Wildman–Crippen MR) is 71.6 cm³/mol. The van der Waals surface area contributed by atoms with E-state index in [4.69, 9.17) is 5.73 Å².